The van der Waals surface area contributed by atoms with Gasteiger partial charge in [-0.1, -0.05) is 13.3 Å². The van der Waals surface area contributed by atoms with Gasteiger partial charge in [0.05, 0.1) is 0 Å². The average molecular weight is 323 g/mol. The fraction of sp³-hybridized carbons (Fsp3) is 0.600. The molecule has 0 bridgehead atoms. The Hall–Kier alpha value is 0.870. The zero-order chi connectivity index (χ0) is 9.41. The average Bonchev–Trinajstić information content (AvgIpc) is 2.14. The minimum Gasteiger partial charge on any atom is -0.346 e. The van der Waals surface area contributed by atoms with Crippen LogP contribution in [0.1, 0.15) is 40.5 Å². The molecule has 0 heterocycles. The molecule has 0 fully saturated rings. The predicted molar refractivity (Wildman–Crippen MR) is 53.4 cm³/mol. The van der Waals surface area contributed by atoms with E-state index >= 15 is 0 Å². The summed E-state index contributed by atoms with van der Waals surface area (Å²) in [6.45, 7) is 20.7. The third-order valence-electron chi connectivity index (χ3n) is 0.354. The molecule has 0 aliphatic heterocycles. The van der Waals surface area contributed by atoms with Crippen molar-refractivity contribution in [2.75, 3.05) is 0 Å². The van der Waals surface area contributed by atoms with Gasteiger partial charge in [-0.05, 0) is 0 Å². The number of unbranched alkanes of at least 4 members (excludes halogenated alkanes) is 1. The third kappa shape index (κ3) is 245. The Morgan fingerprint density at radius 1 is 0.818 bits per heavy atom. The van der Waals surface area contributed by atoms with Crippen LogP contribution in [-0.4, -0.2) is 0 Å². The fourth-order valence-electron chi connectivity index (χ4n) is 0. The van der Waals surface area contributed by atoms with Gasteiger partial charge in [0.1, 0.15) is 0 Å². The van der Waals surface area contributed by atoms with Crippen LogP contribution < -0.4 is 0 Å². The van der Waals surface area contributed by atoms with E-state index in [4.69, 9.17) is 0 Å². The van der Waals surface area contributed by atoms with Gasteiger partial charge in [0.15, 0.2) is 0 Å². The van der Waals surface area contributed by atoms with Crippen molar-refractivity contribution in [1.29, 1.82) is 0 Å². The normalized spacial score (nSPS) is 4.36. The van der Waals surface area contributed by atoms with Gasteiger partial charge >= 0.3 is 25.8 Å². The van der Waals surface area contributed by atoms with E-state index in [0.29, 0.717) is 0 Å². The first kappa shape index (κ1) is 29.7. The molecule has 0 saturated carbocycles. The molecule has 11 heavy (non-hydrogen) atoms. The molecule has 0 radical (unpaired) electrons. The Morgan fingerprint density at radius 2 is 0.909 bits per heavy atom. The van der Waals surface area contributed by atoms with Gasteiger partial charge < -0.3 is 27.7 Å². The predicted octanol–water partition coefficient (Wildman–Crippen LogP) is 4.14. The minimum absolute atomic E-state index is 0. The summed E-state index contributed by atoms with van der Waals surface area (Å²) in [5, 5.41) is 0. The second-order valence-electron chi connectivity index (χ2n) is 0.854. The van der Waals surface area contributed by atoms with Crippen LogP contribution in [0.4, 0.5) is 0 Å². The standard InChI is InChI=1S/C4H9.3C2H5.Hf/c1-3-4-2;3*1-2;/h1,3-4H2,2H3;3*1H2,2H3;/q4*-1;+4. The monoisotopic (exact) mass is 324 g/mol. The summed E-state index contributed by atoms with van der Waals surface area (Å²) in [6, 6.07) is 0. The van der Waals surface area contributed by atoms with Crippen molar-refractivity contribution in [1.82, 2.24) is 0 Å². The van der Waals surface area contributed by atoms with Crippen molar-refractivity contribution in [3.05, 3.63) is 27.7 Å². The summed E-state index contributed by atoms with van der Waals surface area (Å²) in [5.41, 5.74) is 0. The summed E-state index contributed by atoms with van der Waals surface area (Å²) in [7, 11) is 0. The number of hydrogen-bond acceptors (Lipinski definition) is 0. The summed E-state index contributed by atoms with van der Waals surface area (Å²) in [5.74, 6) is 0. The topological polar surface area (TPSA) is 0 Å². The van der Waals surface area contributed by atoms with E-state index in [1.165, 1.54) is 6.42 Å². The van der Waals surface area contributed by atoms with Gasteiger partial charge in [0.25, 0.3) is 0 Å². The van der Waals surface area contributed by atoms with Crippen molar-refractivity contribution in [3.63, 3.8) is 0 Å². The van der Waals surface area contributed by atoms with Crippen molar-refractivity contribution in [3.8, 4) is 0 Å². The van der Waals surface area contributed by atoms with Crippen molar-refractivity contribution >= 4 is 0 Å². The molecule has 0 aliphatic rings. The maximum absolute atomic E-state index is 3.60. The molecule has 0 unspecified atom stereocenters. The van der Waals surface area contributed by atoms with Crippen LogP contribution in [0.15, 0.2) is 0 Å². The quantitative estimate of drug-likeness (QED) is 0.503. The van der Waals surface area contributed by atoms with Gasteiger partial charge in [-0.25, -0.2) is 0 Å². The Balaban J connectivity index is -0.0000000152. The molecule has 1 heteroatoms. The molecule has 0 saturated heterocycles. The molecule has 0 spiro atoms. The maximum Gasteiger partial charge on any atom is 4.00 e. The van der Waals surface area contributed by atoms with Gasteiger partial charge in [-0.2, -0.15) is 27.2 Å². The summed E-state index contributed by atoms with van der Waals surface area (Å²) in [6.07, 6.45) is 2.28. The van der Waals surface area contributed by atoms with Gasteiger partial charge in [-0.3, -0.25) is 0 Å². The van der Waals surface area contributed by atoms with E-state index in [0.717, 1.165) is 6.42 Å². The Labute approximate surface area is 93.9 Å². The molecule has 0 aromatic rings. The van der Waals surface area contributed by atoms with Gasteiger partial charge in [0.2, 0.25) is 0 Å². The first-order valence-electron chi connectivity index (χ1n) is 3.83. The van der Waals surface area contributed by atoms with E-state index in [1.807, 2.05) is 0 Å². The Kier molecular flexibility index (Phi) is 347. The smallest absolute Gasteiger partial charge is 0.346 e. The van der Waals surface area contributed by atoms with Crippen molar-refractivity contribution in [2.45, 2.75) is 40.5 Å². The van der Waals surface area contributed by atoms with E-state index in [2.05, 4.69) is 34.6 Å². The number of rotatable bonds is 1. The van der Waals surface area contributed by atoms with E-state index < -0.39 is 0 Å². The van der Waals surface area contributed by atoms with Crippen molar-refractivity contribution < 1.29 is 25.8 Å². The number of hydrogen-bond donors (Lipinski definition) is 0. The minimum atomic E-state index is 0. The van der Waals surface area contributed by atoms with Gasteiger partial charge in [-0.15, -0.1) is 0 Å². The molecule has 0 N–H and O–H groups in total. The third-order valence-corrected chi connectivity index (χ3v) is 0.354. The molecule has 68 valence electrons. The SMILES string of the molecule is [CH2-]C.[CH2-]C.[CH2-]C.[CH2-]CCC.[Hf+4]. The van der Waals surface area contributed by atoms with Crippen molar-refractivity contribution in [2.24, 2.45) is 0 Å². The first-order chi connectivity index (χ1) is 4.91. The molecule has 0 amide bonds. The zero-order valence-electron chi connectivity index (χ0n) is 8.74. The van der Waals surface area contributed by atoms with E-state index in [-0.39, 0.29) is 25.8 Å². The van der Waals surface area contributed by atoms with E-state index in [9.17, 15) is 0 Å². The van der Waals surface area contributed by atoms with Crippen LogP contribution in [0.2, 0.25) is 0 Å². The Bertz CT molecular complexity index is 6.83. The van der Waals surface area contributed by atoms with Crippen LogP contribution in [-0.2, 0) is 25.8 Å². The van der Waals surface area contributed by atoms with Crippen LogP contribution in [0, 0.1) is 27.7 Å². The van der Waals surface area contributed by atoms with Crippen LogP contribution in [0.25, 0.3) is 0 Å². The van der Waals surface area contributed by atoms with Gasteiger partial charge in [0, 0.05) is 0 Å². The summed E-state index contributed by atoms with van der Waals surface area (Å²) in [4.78, 5) is 0. The van der Waals surface area contributed by atoms with Crippen LogP contribution in [0.5, 0.6) is 0 Å². The van der Waals surface area contributed by atoms with Crippen LogP contribution in [0.3, 0.4) is 0 Å². The zero-order valence-corrected chi connectivity index (χ0v) is 12.3. The molecule has 0 nitrogen and oxygen atoms in total. The van der Waals surface area contributed by atoms with E-state index in [1.54, 1.807) is 20.8 Å². The molecule has 0 rings (SSSR count). The first-order valence-corrected chi connectivity index (χ1v) is 3.83. The molecule has 0 aliphatic carbocycles. The van der Waals surface area contributed by atoms with Crippen LogP contribution >= 0.6 is 0 Å². The second-order valence-corrected chi connectivity index (χ2v) is 0.854. The second kappa shape index (κ2) is 129. The molecular weight excluding hydrogens is 299 g/mol. The largest absolute Gasteiger partial charge is 4.00 e. The molecule has 0 aromatic carbocycles. The summed E-state index contributed by atoms with van der Waals surface area (Å²) >= 11 is 0. The maximum atomic E-state index is 3.60. The Morgan fingerprint density at radius 3 is 0.909 bits per heavy atom. The molecule has 0 atom stereocenters. The summed E-state index contributed by atoms with van der Waals surface area (Å²) < 4.78 is 0. The fourth-order valence-corrected chi connectivity index (χ4v) is 0. The molecule has 0 aromatic heterocycles. The molecular formula is C10H24Hf.